The quantitative estimate of drug-likeness (QED) is 0.797. The first-order valence-corrected chi connectivity index (χ1v) is 8.07. The standard InChI is InChI=1S/C17H28N2O2/c1-3-16-14-20-10-8-19(16)9-11-21-17-7-5-6-15(12-17)13-18-4-2/h5-7,12,16,18H,3-4,8-11,13-14H2,1-2H3. The fourth-order valence-corrected chi connectivity index (χ4v) is 2.65. The van der Waals surface area contributed by atoms with Crippen LogP contribution in [0.15, 0.2) is 24.3 Å². The Morgan fingerprint density at radius 2 is 2.29 bits per heavy atom. The maximum Gasteiger partial charge on any atom is 0.119 e. The molecule has 0 bridgehead atoms. The third kappa shape index (κ3) is 5.30. The Kier molecular flexibility index (Phi) is 7.00. The van der Waals surface area contributed by atoms with Crippen molar-refractivity contribution in [3.63, 3.8) is 0 Å². The summed E-state index contributed by atoms with van der Waals surface area (Å²) >= 11 is 0. The summed E-state index contributed by atoms with van der Waals surface area (Å²) in [7, 11) is 0. The molecular weight excluding hydrogens is 264 g/mol. The average molecular weight is 292 g/mol. The smallest absolute Gasteiger partial charge is 0.119 e. The third-order valence-electron chi connectivity index (χ3n) is 3.95. The van der Waals surface area contributed by atoms with Crippen LogP contribution in [0.3, 0.4) is 0 Å². The first-order valence-electron chi connectivity index (χ1n) is 8.07. The largest absolute Gasteiger partial charge is 0.492 e. The van der Waals surface area contributed by atoms with Gasteiger partial charge < -0.3 is 14.8 Å². The van der Waals surface area contributed by atoms with Gasteiger partial charge in [-0.3, -0.25) is 4.90 Å². The highest BCUT2D eigenvalue weighted by atomic mass is 16.5. The van der Waals surface area contributed by atoms with E-state index in [-0.39, 0.29) is 0 Å². The van der Waals surface area contributed by atoms with Crippen molar-refractivity contribution in [3.8, 4) is 5.75 Å². The van der Waals surface area contributed by atoms with E-state index in [0.717, 1.165) is 58.2 Å². The van der Waals surface area contributed by atoms with E-state index in [4.69, 9.17) is 9.47 Å². The molecule has 4 nitrogen and oxygen atoms in total. The Balaban J connectivity index is 1.77. The molecule has 21 heavy (non-hydrogen) atoms. The van der Waals surface area contributed by atoms with Crippen LogP contribution in [0.1, 0.15) is 25.8 Å². The lowest BCUT2D eigenvalue weighted by Gasteiger charge is -2.34. The second-order valence-electron chi connectivity index (χ2n) is 5.45. The van der Waals surface area contributed by atoms with Gasteiger partial charge >= 0.3 is 0 Å². The summed E-state index contributed by atoms with van der Waals surface area (Å²) in [5.74, 6) is 0.965. The minimum absolute atomic E-state index is 0.544. The minimum atomic E-state index is 0.544. The predicted octanol–water partition coefficient (Wildman–Crippen LogP) is 2.29. The normalized spacial score (nSPS) is 19.6. The second kappa shape index (κ2) is 9.03. The Labute approximate surface area is 128 Å². The molecule has 1 unspecified atom stereocenters. The first kappa shape index (κ1) is 16.3. The van der Waals surface area contributed by atoms with Crippen LogP contribution in [0.2, 0.25) is 0 Å². The molecule has 0 aromatic heterocycles. The number of morpholine rings is 1. The van der Waals surface area contributed by atoms with Crippen molar-refractivity contribution < 1.29 is 9.47 Å². The molecule has 1 aromatic rings. The molecule has 1 heterocycles. The summed E-state index contributed by atoms with van der Waals surface area (Å²) < 4.78 is 11.4. The predicted molar refractivity (Wildman–Crippen MR) is 85.8 cm³/mol. The molecule has 0 aliphatic carbocycles. The molecule has 1 saturated heterocycles. The average Bonchev–Trinajstić information content (AvgIpc) is 2.54. The van der Waals surface area contributed by atoms with Gasteiger partial charge in [0.05, 0.1) is 13.2 Å². The topological polar surface area (TPSA) is 33.7 Å². The highest BCUT2D eigenvalue weighted by Gasteiger charge is 2.20. The lowest BCUT2D eigenvalue weighted by molar-refractivity contribution is -0.0132. The van der Waals surface area contributed by atoms with Crippen LogP contribution in [-0.4, -0.2) is 50.4 Å². The van der Waals surface area contributed by atoms with Crippen LogP contribution < -0.4 is 10.1 Å². The SMILES string of the molecule is CCNCc1cccc(OCCN2CCOCC2CC)c1. The first-order chi connectivity index (χ1) is 10.3. The van der Waals surface area contributed by atoms with Gasteiger partial charge in [-0.05, 0) is 30.7 Å². The van der Waals surface area contributed by atoms with Crippen molar-refractivity contribution in [3.05, 3.63) is 29.8 Å². The number of nitrogens with zero attached hydrogens (tertiary/aromatic N) is 1. The molecule has 1 N–H and O–H groups in total. The van der Waals surface area contributed by atoms with Gasteiger partial charge in [0.1, 0.15) is 12.4 Å². The summed E-state index contributed by atoms with van der Waals surface area (Å²) in [4.78, 5) is 2.48. The lowest BCUT2D eigenvalue weighted by Crippen LogP contribution is -2.46. The number of rotatable bonds is 8. The molecule has 1 aromatic carbocycles. The van der Waals surface area contributed by atoms with Gasteiger partial charge in [-0.15, -0.1) is 0 Å². The maximum absolute atomic E-state index is 5.91. The molecule has 0 amide bonds. The molecule has 1 atom stereocenters. The van der Waals surface area contributed by atoms with Gasteiger partial charge in [0.25, 0.3) is 0 Å². The Morgan fingerprint density at radius 1 is 1.38 bits per heavy atom. The highest BCUT2D eigenvalue weighted by molar-refractivity contribution is 5.28. The van der Waals surface area contributed by atoms with Crippen LogP contribution in [0.25, 0.3) is 0 Å². The van der Waals surface area contributed by atoms with Gasteiger partial charge in [0.15, 0.2) is 0 Å². The Hall–Kier alpha value is -1.10. The van der Waals surface area contributed by atoms with E-state index in [2.05, 4.69) is 42.3 Å². The zero-order valence-electron chi connectivity index (χ0n) is 13.3. The monoisotopic (exact) mass is 292 g/mol. The van der Waals surface area contributed by atoms with Crippen LogP contribution in [0.5, 0.6) is 5.75 Å². The van der Waals surface area contributed by atoms with Crippen LogP contribution >= 0.6 is 0 Å². The lowest BCUT2D eigenvalue weighted by atomic mass is 10.2. The van der Waals surface area contributed by atoms with E-state index in [1.54, 1.807) is 0 Å². The van der Waals surface area contributed by atoms with E-state index in [1.165, 1.54) is 5.56 Å². The molecule has 4 heteroatoms. The molecular formula is C17H28N2O2. The summed E-state index contributed by atoms with van der Waals surface area (Å²) in [5, 5.41) is 3.34. The fourth-order valence-electron chi connectivity index (χ4n) is 2.65. The summed E-state index contributed by atoms with van der Waals surface area (Å²) in [6.07, 6.45) is 1.14. The van der Waals surface area contributed by atoms with Gasteiger partial charge in [-0.25, -0.2) is 0 Å². The number of benzene rings is 1. The van der Waals surface area contributed by atoms with Crippen molar-refractivity contribution in [2.75, 3.05) is 39.5 Å². The van der Waals surface area contributed by atoms with Crippen molar-refractivity contribution in [1.29, 1.82) is 0 Å². The molecule has 2 rings (SSSR count). The van der Waals surface area contributed by atoms with E-state index in [0.29, 0.717) is 6.04 Å². The Bertz CT molecular complexity index is 412. The highest BCUT2D eigenvalue weighted by Crippen LogP contribution is 2.14. The van der Waals surface area contributed by atoms with Crippen molar-refractivity contribution in [2.24, 2.45) is 0 Å². The zero-order valence-corrected chi connectivity index (χ0v) is 13.3. The van der Waals surface area contributed by atoms with E-state index >= 15 is 0 Å². The maximum atomic E-state index is 5.91. The van der Waals surface area contributed by atoms with Gasteiger partial charge in [0, 0.05) is 25.7 Å². The van der Waals surface area contributed by atoms with Crippen LogP contribution in [-0.2, 0) is 11.3 Å². The van der Waals surface area contributed by atoms with Crippen molar-refractivity contribution >= 4 is 0 Å². The molecule has 1 aliphatic heterocycles. The third-order valence-corrected chi connectivity index (χ3v) is 3.95. The summed E-state index contributed by atoms with van der Waals surface area (Å²) in [5.41, 5.74) is 1.27. The van der Waals surface area contributed by atoms with Crippen LogP contribution in [0.4, 0.5) is 0 Å². The summed E-state index contributed by atoms with van der Waals surface area (Å²) in [6.45, 7) is 10.6. The van der Waals surface area contributed by atoms with E-state index in [1.807, 2.05) is 6.07 Å². The molecule has 0 saturated carbocycles. The van der Waals surface area contributed by atoms with E-state index < -0.39 is 0 Å². The number of nitrogens with one attached hydrogen (secondary N) is 1. The second-order valence-corrected chi connectivity index (χ2v) is 5.45. The molecule has 1 fully saturated rings. The molecule has 0 spiro atoms. The number of ether oxygens (including phenoxy) is 2. The molecule has 0 radical (unpaired) electrons. The Morgan fingerprint density at radius 3 is 3.10 bits per heavy atom. The molecule has 1 aliphatic rings. The number of hydrogen-bond donors (Lipinski definition) is 1. The van der Waals surface area contributed by atoms with Gasteiger partial charge in [-0.1, -0.05) is 26.0 Å². The zero-order chi connectivity index (χ0) is 14.9. The minimum Gasteiger partial charge on any atom is -0.492 e. The van der Waals surface area contributed by atoms with E-state index in [9.17, 15) is 0 Å². The van der Waals surface area contributed by atoms with Crippen molar-refractivity contribution in [2.45, 2.75) is 32.9 Å². The number of hydrogen-bond acceptors (Lipinski definition) is 4. The molecule has 118 valence electrons. The fraction of sp³-hybridized carbons (Fsp3) is 0.647. The summed E-state index contributed by atoms with van der Waals surface area (Å²) in [6, 6.07) is 8.89. The van der Waals surface area contributed by atoms with Crippen LogP contribution in [0, 0.1) is 0 Å². The van der Waals surface area contributed by atoms with Gasteiger partial charge in [-0.2, -0.15) is 0 Å². The van der Waals surface area contributed by atoms with Gasteiger partial charge in [0.2, 0.25) is 0 Å². The van der Waals surface area contributed by atoms with Crippen molar-refractivity contribution in [1.82, 2.24) is 10.2 Å².